The molecule has 0 radical (unpaired) electrons. The number of rotatable bonds is 8. The topological polar surface area (TPSA) is 107 Å². The minimum Gasteiger partial charge on any atom is -0.488 e. The van der Waals surface area contributed by atoms with Gasteiger partial charge in [-0.15, -0.1) is 0 Å². The fourth-order valence-electron chi connectivity index (χ4n) is 1.94. The highest BCUT2D eigenvalue weighted by atomic mass is 16.5. The lowest BCUT2D eigenvalue weighted by atomic mass is 9.90. The second-order valence-electron chi connectivity index (χ2n) is 4.68. The standard InChI is InChI=1S/C14H20O6/c1-9(6-15)12(7-16)13(8-17)20-11-4-2-3-10(5-11)14(18)19/h2-5,9,12-13,15-17H,6-8H2,1H3,(H,18,19). The molecule has 1 aromatic carbocycles. The number of carbonyl (C=O) groups is 1. The summed E-state index contributed by atoms with van der Waals surface area (Å²) in [6.07, 6.45) is -0.716. The van der Waals surface area contributed by atoms with E-state index in [0.29, 0.717) is 5.75 Å². The van der Waals surface area contributed by atoms with E-state index < -0.39 is 18.0 Å². The van der Waals surface area contributed by atoms with Crippen molar-refractivity contribution >= 4 is 5.97 Å². The highest BCUT2D eigenvalue weighted by Gasteiger charge is 2.27. The molecule has 6 nitrogen and oxygen atoms in total. The molecule has 0 heterocycles. The summed E-state index contributed by atoms with van der Waals surface area (Å²) in [4.78, 5) is 10.9. The molecule has 0 aliphatic carbocycles. The molecule has 112 valence electrons. The van der Waals surface area contributed by atoms with Crippen LogP contribution in [0.5, 0.6) is 5.75 Å². The van der Waals surface area contributed by atoms with Gasteiger partial charge in [0.15, 0.2) is 0 Å². The molecule has 0 aliphatic rings. The highest BCUT2D eigenvalue weighted by Crippen LogP contribution is 2.22. The van der Waals surface area contributed by atoms with Crippen LogP contribution in [0.2, 0.25) is 0 Å². The van der Waals surface area contributed by atoms with Crippen LogP contribution in [0.15, 0.2) is 24.3 Å². The molecule has 0 saturated heterocycles. The lowest BCUT2D eigenvalue weighted by molar-refractivity contribution is 0.00326. The molecule has 0 aliphatic heterocycles. The van der Waals surface area contributed by atoms with Gasteiger partial charge in [0.1, 0.15) is 11.9 Å². The SMILES string of the molecule is CC(CO)C(CO)C(CO)Oc1cccc(C(=O)O)c1. The Labute approximate surface area is 117 Å². The van der Waals surface area contributed by atoms with Crippen LogP contribution >= 0.6 is 0 Å². The van der Waals surface area contributed by atoms with Crippen LogP contribution in [-0.4, -0.2) is 52.3 Å². The van der Waals surface area contributed by atoms with Gasteiger partial charge in [0.2, 0.25) is 0 Å². The first-order chi connectivity index (χ1) is 9.53. The molecule has 6 heteroatoms. The first-order valence-electron chi connectivity index (χ1n) is 6.36. The zero-order valence-corrected chi connectivity index (χ0v) is 11.3. The largest absolute Gasteiger partial charge is 0.488 e. The molecule has 20 heavy (non-hydrogen) atoms. The number of hydrogen-bond donors (Lipinski definition) is 4. The Hall–Kier alpha value is -1.63. The number of carboxylic acids is 1. The predicted octanol–water partition coefficient (Wildman–Crippen LogP) is 0.361. The van der Waals surface area contributed by atoms with Crippen molar-refractivity contribution in [2.75, 3.05) is 19.8 Å². The van der Waals surface area contributed by atoms with Crippen LogP contribution in [0.25, 0.3) is 0 Å². The van der Waals surface area contributed by atoms with Gasteiger partial charge in [-0.25, -0.2) is 4.79 Å². The summed E-state index contributed by atoms with van der Waals surface area (Å²) in [5, 5.41) is 36.8. The van der Waals surface area contributed by atoms with Crippen LogP contribution in [0.4, 0.5) is 0 Å². The summed E-state index contributed by atoms with van der Waals surface area (Å²) in [5.74, 6) is -1.47. The van der Waals surface area contributed by atoms with Gasteiger partial charge in [-0.05, 0) is 24.1 Å². The maximum Gasteiger partial charge on any atom is 0.335 e. The zero-order valence-electron chi connectivity index (χ0n) is 11.3. The molecule has 0 saturated carbocycles. The van der Waals surface area contributed by atoms with Gasteiger partial charge in [0, 0.05) is 19.1 Å². The van der Waals surface area contributed by atoms with E-state index in [1.54, 1.807) is 13.0 Å². The number of carboxylic acid groups (broad SMARTS) is 1. The van der Waals surface area contributed by atoms with Crippen molar-refractivity contribution in [2.24, 2.45) is 11.8 Å². The summed E-state index contributed by atoms with van der Waals surface area (Å²) in [7, 11) is 0. The minimum atomic E-state index is -1.07. The Morgan fingerprint density at radius 2 is 1.90 bits per heavy atom. The average molecular weight is 284 g/mol. The summed E-state index contributed by atoms with van der Waals surface area (Å²) >= 11 is 0. The van der Waals surface area contributed by atoms with E-state index in [4.69, 9.17) is 14.9 Å². The fraction of sp³-hybridized carbons (Fsp3) is 0.500. The number of aliphatic hydroxyl groups excluding tert-OH is 3. The Kier molecular flexibility index (Phi) is 6.44. The molecule has 0 bridgehead atoms. The highest BCUT2D eigenvalue weighted by molar-refractivity contribution is 5.87. The first kappa shape index (κ1) is 16.4. The Bertz CT molecular complexity index is 433. The molecule has 0 amide bonds. The van der Waals surface area contributed by atoms with E-state index >= 15 is 0 Å². The van der Waals surface area contributed by atoms with Crippen LogP contribution in [0.3, 0.4) is 0 Å². The van der Waals surface area contributed by atoms with E-state index in [0.717, 1.165) is 0 Å². The predicted molar refractivity (Wildman–Crippen MR) is 71.7 cm³/mol. The van der Waals surface area contributed by atoms with Crippen molar-refractivity contribution in [1.82, 2.24) is 0 Å². The van der Waals surface area contributed by atoms with Crippen LogP contribution in [0.1, 0.15) is 17.3 Å². The molecule has 4 N–H and O–H groups in total. The number of aromatic carboxylic acids is 1. The second kappa shape index (κ2) is 7.84. The Morgan fingerprint density at radius 3 is 2.40 bits per heavy atom. The van der Waals surface area contributed by atoms with Crippen molar-refractivity contribution in [1.29, 1.82) is 0 Å². The van der Waals surface area contributed by atoms with E-state index in [2.05, 4.69) is 0 Å². The van der Waals surface area contributed by atoms with Crippen molar-refractivity contribution < 1.29 is 30.0 Å². The smallest absolute Gasteiger partial charge is 0.335 e. The summed E-state index contributed by atoms with van der Waals surface area (Å²) in [6.45, 7) is 1.01. The summed E-state index contributed by atoms with van der Waals surface area (Å²) in [5.41, 5.74) is 0.0787. The van der Waals surface area contributed by atoms with E-state index in [1.807, 2.05) is 0 Å². The molecule has 0 fully saturated rings. The first-order valence-corrected chi connectivity index (χ1v) is 6.36. The summed E-state index contributed by atoms with van der Waals surface area (Å²) in [6, 6.07) is 5.90. The molecule has 3 atom stereocenters. The number of aliphatic hydroxyl groups is 3. The monoisotopic (exact) mass is 284 g/mol. The fourth-order valence-corrected chi connectivity index (χ4v) is 1.94. The molecular formula is C14H20O6. The van der Waals surface area contributed by atoms with Gasteiger partial charge in [-0.1, -0.05) is 13.0 Å². The van der Waals surface area contributed by atoms with Gasteiger partial charge in [-0.2, -0.15) is 0 Å². The minimum absolute atomic E-state index is 0.0787. The van der Waals surface area contributed by atoms with Crippen LogP contribution in [0, 0.1) is 11.8 Å². The Morgan fingerprint density at radius 1 is 1.20 bits per heavy atom. The van der Waals surface area contributed by atoms with Crippen molar-refractivity contribution in [3.8, 4) is 5.75 Å². The molecule has 1 rings (SSSR count). The quantitative estimate of drug-likeness (QED) is 0.549. The van der Waals surface area contributed by atoms with E-state index in [9.17, 15) is 15.0 Å². The van der Waals surface area contributed by atoms with E-state index in [1.165, 1.54) is 18.2 Å². The molecule has 1 aromatic rings. The lowest BCUT2D eigenvalue weighted by Crippen LogP contribution is -2.38. The van der Waals surface area contributed by atoms with Crippen molar-refractivity contribution in [3.05, 3.63) is 29.8 Å². The van der Waals surface area contributed by atoms with Gasteiger partial charge in [0.25, 0.3) is 0 Å². The van der Waals surface area contributed by atoms with Crippen LogP contribution in [-0.2, 0) is 0 Å². The maximum atomic E-state index is 10.9. The third-order valence-corrected chi connectivity index (χ3v) is 3.26. The van der Waals surface area contributed by atoms with Crippen molar-refractivity contribution in [2.45, 2.75) is 13.0 Å². The number of ether oxygens (including phenoxy) is 1. The Balaban J connectivity index is 2.87. The second-order valence-corrected chi connectivity index (χ2v) is 4.68. The van der Waals surface area contributed by atoms with Gasteiger partial charge < -0.3 is 25.2 Å². The lowest BCUT2D eigenvalue weighted by Gasteiger charge is -2.28. The maximum absolute atomic E-state index is 10.9. The molecule has 3 unspecified atom stereocenters. The molecular weight excluding hydrogens is 264 g/mol. The van der Waals surface area contributed by atoms with Gasteiger partial charge in [0.05, 0.1) is 12.2 Å². The van der Waals surface area contributed by atoms with E-state index in [-0.39, 0.29) is 31.3 Å². The van der Waals surface area contributed by atoms with Gasteiger partial charge >= 0.3 is 5.97 Å². The third kappa shape index (κ3) is 4.19. The molecule has 0 aromatic heterocycles. The van der Waals surface area contributed by atoms with Crippen molar-refractivity contribution in [3.63, 3.8) is 0 Å². The molecule has 0 spiro atoms. The summed E-state index contributed by atoms with van der Waals surface area (Å²) < 4.78 is 5.55. The average Bonchev–Trinajstić information content (AvgIpc) is 2.46. The number of hydrogen-bond acceptors (Lipinski definition) is 5. The zero-order chi connectivity index (χ0) is 15.1. The number of benzene rings is 1. The normalized spacial score (nSPS) is 15.4. The third-order valence-electron chi connectivity index (χ3n) is 3.26. The van der Waals surface area contributed by atoms with Gasteiger partial charge in [-0.3, -0.25) is 0 Å². The van der Waals surface area contributed by atoms with Crippen LogP contribution < -0.4 is 4.74 Å².